The van der Waals surface area contributed by atoms with Gasteiger partial charge < -0.3 is 9.64 Å². The van der Waals surface area contributed by atoms with Crippen LogP contribution in [0, 0.1) is 5.92 Å². The number of rotatable bonds is 5. The Balaban J connectivity index is 1.77. The smallest absolute Gasteiger partial charge is 0.257 e. The van der Waals surface area contributed by atoms with Gasteiger partial charge in [-0.05, 0) is 18.8 Å². The maximum absolute atomic E-state index is 13.2. The first-order chi connectivity index (χ1) is 12.0. The van der Waals surface area contributed by atoms with Gasteiger partial charge in [-0.15, -0.1) is 0 Å². The minimum absolute atomic E-state index is 0.151. The molecule has 0 spiro atoms. The molecular weight excluding hydrogens is 316 g/mol. The Bertz CT molecular complexity index is 592. The van der Waals surface area contributed by atoms with Gasteiger partial charge in [0.2, 0.25) is 0 Å². The number of hydrogen-bond acceptors (Lipinski definition) is 4. The SMILES string of the molecule is CC[C@H]1CN(C(=O)c2cn(CC)nc2C(C)C)C[C@@H]1N1CCOCC1. The molecule has 0 bridgehead atoms. The molecule has 1 amide bonds. The van der Waals surface area contributed by atoms with E-state index >= 15 is 0 Å². The highest BCUT2D eigenvalue weighted by atomic mass is 16.5. The standard InChI is InChI=1S/C19H32N4O2/c1-5-15-11-22(13-17(15)21-7-9-25-10-8-21)19(24)16-12-23(6-2)20-18(16)14(3)4/h12,14-15,17H,5-11,13H2,1-4H3/t15-,17-/m0/s1. The quantitative estimate of drug-likeness (QED) is 0.819. The Morgan fingerprint density at radius 3 is 2.60 bits per heavy atom. The van der Waals surface area contributed by atoms with Crippen LogP contribution >= 0.6 is 0 Å². The zero-order valence-corrected chi connectivity index (χ0v) is 16.1. The number of carbonyl (C=O) groups is 1. The second-order valence-corrected chi connectivity index (χ2v) is 7.53. The van der Waals surface area contributed by atoms with E-state index in [1.165, 1.54) is 0 Å². The van der Waals surface area contributed by atoms with Gasteiger partial charge in [-0.3, -0.25) is 14.4 Å². The van der Waals surface area contributed by atoms with Crippen LogP contribution in [0.25, 0.3) is 0 Å². The molecule has 25 heavy (non-hydrogen) atoms. The second-order valence-electron chi connectivity index (χ2n) is 7.53. The average molecular weight is 348 g/mol. The van der Waals surface area contributed by atoms with Gasteiger partial charge in [0, 0.05) is 45.0 Å². The van der Waals surface area contributed by atoms with Crippen molar-refractivity contribution in [2.75, 3.05) is 39.4 Å². The van der Waals surface area contributed by atoms with E-state index in [2.05, 4.69) is 42.6 Å². The number of ether oxygens (including phenoxy) is 1. The Hall–Kier alpha value is -1.40. The van der Waals surface area contributed by atoms with Gasteiger partial charge in [0.05, 0.1) is 24.5 Å². The van der Waals surface area contributed by atoms with Crippen molar-refractivity contribution in [3.8, 4) is 0 Å². The van der Waals surface area contributed by atoms with Crippen molar-refractivity contribution in [3.63, 3.8) is 0 Å². The predicted molar refractivity (Wildman–Crippen MR) is 97.9 cm³/mol. The first kappa shape index (κ1) is 18.4. The van der Waals surface area contributed by atoms with Crippen molar-refractivity contribution in [1.29, 1.82) is 0 Å². The number of aromatic nitrogens is 2. The van der Waals surface area contributed by atoms with Crippen molar-refractivity contribution >= 4 is 5.91 Å². The van der Waals surface area contributed by atoms with E-state index in [1.807, 2.05) is 10.9 Å². The highest BCUT2D eigenvalue weighted by Gasteiger charge is 2.39. The van der Waals surface area contributed by atoms with E-state index in [9.17, 15) is 4.79 Å². The molecule has 2 aliphatic heterocycles. The van der Waals surface area contributed by atoms with Gasteiger partial charge in [-0.25, -0.2) is 0 Å². The van der Waals surface area contributed by atoms with Crippen LogP contribution in [0.3, 0.4) is 0 Å². The fourth-order valence-corrected chi connectivity index (χ4v) is 4.10. The topological polar surface area (TPSA) is 50.6 Å². The Morgan fingerprint density at radius 1 is 1.28 bits per heavy atom. The maximum atomic E-state index is 13.2. The molecule has 2 fully saturated rings. The van der Waals surface area contributed by atoms with Crippen molar-refractivity contribution in [3.05, 3.63) is 17.5 Å². The maximum Gasteiger partial charge on any atom is 0.257 e. The van der Waals surface area contributed by atoms with Crippen LogP contribution < -0.4 is 0 Å². The first-order valence-electron chi connectivity index (χ1n) is 9.73. The molecular formula is C19H32N4O2. The third-order valence-electron chi connectivity index (χ3n) is 5.62. The first-order valence-corrected chi connectivity index (χ1v) is 9.73. The molecule has 3 rings (SSSR count). The lowest BCUT2D eigenvalue weighted by atomic mass is 9.99. The fraction of sp³-hybridized carbons (Fsp3) is 0.789. The van der Waals surface area contributed by atoms with E-state index < -0.39 is 0 Å². The average Bonchev–Trinajstić information content (AvgIpc) is 3.26. The minimum atomic E-state index is 0.151. The number of nitrogens with zero attached hydrogens (tertiary/aromatic N) is 4. The third kappa shape index (κ3) is 3.75. The normalized spacial score (nSPS) is 25.1. The summed E-state index contributed by atoms with van der Waals surface area (Å²) in [7, 11) is 0. The van der Waals surface area contributed by atoms with Gasteiger partial charge in [0.25, 0.3) is 5.91 Å². The highest BCUT2D eigenvalue weighted by Crippen LogP contribution is 2.28. The number of hydrogen-bond donors (Lipinski definition) is 0. The zero-order chi connectivity index (χ0) is 18.0. The summed E-state index contributed by atoms with van der Waals surface area (Å²) in [4.78, 5) is 17.8. The Morgan fingerprint density at radius 2 is 2.00 bits per heavy atom. The van der Waals surface area contributed by atoms with Crippen LogP contribution in [-0.4, -0.2) is 70.9 Å². The van der Waals surface area contributed by atoms with Crippen molar-refractivity contribution in [2.45, 2.75) is 52.6 Å². The molecule has 6 nitrogen and oxygen atoms in total. The molecule has 0 aliphatic carbocycles. The van der Waals surface area contributed by atoms with Crippen LogP contribution in [0.4, 0.5) is 0 Å². The summed E-state index contributed by atoms with van der Waals surface area (Å²) in [6.07, 6.45) is 3.04. The molecule has 3 heterocycles. The Kier molecular flexibility index (Phi) is 5.79. The number of morpholine rings is 1. The van der Waals surface area contributed by atoms with Crippen LogP contribution in [0.5, 0.6) is 0 Å². The number of carbonyl (C=O) groups excluding carboxylic acids is 1. The van der Waals surface area contributed by atoms with Crippen LogP contribution in [0.2, 0.25) is 0 Å². The monoisotopic (exact) mass is 348 g/mol. The number of amides is 1. The molecule has 2 aliphatic rings. The summed E-state index contributed by atoms with van der Waals surface area (Å²) >= 11 is 0. The lowest BCUT2D eigenvalue weighted by Gasteiger charge is -2.34. The van der Waals surface area contributed by atoms with Gasteiger partial charge in [0.15, 0.2) is 0 Å². The molecule has 0 saturated carbocycles. The van der Waals surface area contributed by atoms with Crippen LogP contribution in [0.1, 0.15) is 56.1 Å². The summed E-state index contributed by atoms with van der Waals surface area (Å²) in [5.74, 6) is 0.953. The Labute approximate surface area is 151 Å². The molecule has 0 aromatic carbocycles. The zero-order valence-electron chi connectivity index (χ0n) is 16.1. The molecule has 140 valence electrons. The third-order valence-corrected chi connectivity index (χ3v) is 5.62. The summed E-state index contributed by atoms with van der Waals surface area (Å²) in [6, 6.07) is 0.460. The van der Waals surface area contributed by atoms with E-state index in [1.54, 1.807) is 0 Å². The van der Waals surface area contributed by atoms with Crippen molar-refractivity contribution in [2.24, 2.45) is 5.92 Å². The fourth-order valence-electron chi connectivity index (χ4n) is 4.10. The molecule has 0 N–H and O–H groups in total. The molecule has 2 atom stereocenters. The minimum Gasteiger partial charge on any atom is -0.379 e. The molecule has 1 aromatic heterocycles. The molecule has 2 saturated heterocycles. The van der Waals surface area contributed by atoms with E-state index in [4.69, 9.17) is 4.74 Å². The van der Waals surface area contributed by atoms with Crippen LogP contribution in [0.15, 0.2) is 6.20 Å². The number of aryl methyl sites for hydroxylation is 1. The molecule has 6 heteroatoms. The second kappa shape index (κ2) is 7.87. The van der Waals surface area contributed by atoms with E-state index in [0.29, 0.717) is 12.0 Å². The largest absolute Gasteiger partial charge is 0.379 e. The molecule has 0 unspecified atom stereocenters. The van der Waals surface area contributed by atoms with E-state index in [0.717, 1.165) is 63.6 Å². The van der Waals surface area contributed by atoms with Gasteiger partial charge in [-0.2, -0.15) is 5.10 Å². The number of likely N-dealkylation sites (tertiary alicyclic amines) is 1. The molecule has 1 aromatic rings. The summed E-state index contributed by atoms with van der Waals surface area (Å²) < 4.78 is 7.38. The van der Waals surface area contributed by atoms with Gasteiger partial charge in [-0.1, -0.05) is 27.2 Å². The summed E-state index contributed by atoms with van der Waals surface area (Å²) in [5, 5.41) is 4.61. The predicted octanol–water partition coefficient (Wildman–Crippen LogP) is 2.21. The lowest BCUT2D eigenvalue weighted by molar-refractivity contribution is 0.0103. The summed E-state index contributed by atoms with van der Waals surface area (Å²) in [5.41, 5.74) is 1.71. The highest BCUT2D eigenvalue weighted by molar-refractivity contribution is 5.95. The lowest BCUT2D eigenvalue weighted by Crippen LogP contribution is -2.47. The molecule has 0 radical (unpaired) electrons. The van der Waals surface area contributed by atoms with Crippen molar-refractivity contribution in [1.82, 2.24) is 19.6 Å². The van der Waals surface area contributed by atoms with E-state index in [-0.39, 0.29) is 11.8 Å². The van der Waals surface area contributed by atoms with Crippen LogP contribution in [-0.2, 0) is 11.3 Å². The van der Waals surface area contributed by atoms with Gasteiger partial charge in [0.1, 0.15) is 0 Å². The summed E-state index contributed by atoms with van der Waals surface area (Å²) in [6.45, 7) is 14.6. The van der Waals surface area contributed by atoms with Crippen molar-refractivity contribution < 1.29 is 9.53 Å². The van der Waals surface area contributed by atoms with Gasteiger partial charge >= 0.3 is 0 Å².